The van der Waals surface area contributed by atoms with Crippen molar-refractivity contribution in [2.75, 3.05) is 5.32 Å². The van der Waals surface area contributed by atoms with Gasteiger partial charge in [-0.15, -0.1) is 0 Å². The molecule has 0 heterocycles. The van der Waals surface area contributed by atoms with Gasteiger partial charge < -0.3 is 5.32 Å². The lowest BCUT2D eigenvalue weighted by Gasteiger charge is -2.18. The normalized spacial score (nSPS) is 16.3. The Morgan fingerprint density at radius 3 is 2.41 bits per heavy atom. The second-order valence-corrected chi connectivity index (χ2v) is 9.32. The van der Waals surface area contributed by atoms with Crippen LogP contribution >= 0.6 is 0 Å². The largest absolute Gasteiger partial charge is 0.331 e. The van der Waals surface area contributed by atoms with Crippen LogP contribution in [0.2, 0.25) is 0 Å². The first kappa shape index (κ1) is 19.4. The molecule has 0 saturated heterocycles. The predicted molar refractivity (Wildman–Crippen MR) is 108 cm³/mol. The van der Waals surface area contributed by atoms with Crippen LogP contribution in [0.15, 0.2) is 33.5 Å². The minimum absolute atomic E-state index is 0.308. The Morgan fingerprint density at radius 1 is 1.14 bits per heavy atom. The monoisotopic (exact) mass is 412 g/mol. The molecule has 0 fully saturated rings. The van der Waals surface area contributed by atoms with E-state index in [2.05, 4.69) is 20.5 Å². The Kier molecular flexibility index (Phi) is 5.01. The van der Waals surface area contributed by atoms with Crippen molar-refractivity contribution >= 4 is 21.6 Å². The van der Waals surface area contributed by atoms with Crippen molar-refractivity contribution in [3.05, 3.63) is 57.9 Å². The molecule has 0 aromatic heterocycles. The summed E-state index contributed by atoms with van der Waals surface area (Å²) in [6, 6.07) is 5.47. The third-order valence-corrected chi connectivity index (χ3v) is 7.21. The molecule has 0 bridgehead atoms. The molecule has 0 aliphatic heterocycles. The molecule has 0 spiro atoms. The van der Waals surface area contributed by atoms with Gasteiger partial charge in [-0.05, 0) is 85.4 Å². The minimum atomic E-state index is -3.79. The summed E-state index contributed by atoms with van der Waals surface area (Å²) in [4.78, 5) is 12.5. The van der Waals surface area contributed by atoms with Crippen molar-refractivity contribution in [2.24, 2.45) is 4.36 Å². The maximum Gasteiger partial charge on any atom is 0.331 e. The molecule has 8 heteroatoms. The summed E-state index contributed by atoms with van der Waals surface area (Å²) in [6.07, 6.45) is 7.22. The number of aryl methyl sites for hydroxylation is 3. The number of carbonyl (C=O) groups is 1. The van der Waals surface area contributed by atoms with E-state index in [1.807, 2.05) is 0 Å². The summed E-state index contributed by atoms with van der Waals surface area (Å²) in [5, 5.41) is 11.8. The molecule has 2 aromatic carbocycles. The van der Waals surface area contributed by atoms with Crippen molar-refractivity contribution in [1.82, 2.24) is 4.72 Å². The lowest BCUT2D eigenvalue weighted by atomic mass is 9.99. The fraction of sp³-hybridized carbons (Fsp3) is 0.333. The van der Waals surface area contributed by atoms with Crippen molar-refractivity contribution in [1.29, 1.82) is 5.26 Å². The maximum absolute atomic E-state index is 14.3. The molecule has 2 aliphatic rings. The van der Waals surface area contributed by atoms with Crippen molar-refractivity contribution in [3.63, 3.8) is 0 Å². The first-order valence-electron chi connectivity index (χ1n) is 9.58. The molecular formula is C21H21FN4O2S. The van der Waals surface area contributed by atoms with E-state index in [0.29, 0.717) is 5.56 Å². The fourth-order valence-electron chi connectivity index (χ4n) is 4.24. The summed E-state index contributed by atoms with van der Waals surface area (Å²) in [5.41, 5.74) is 6.13. The zero-order valence-electron chi connectivity index (χ0n) is 16.0. The summed E-state index contributed by atoms with van der Waals surface area (Å²) >= 11 is 0. The Morgan fingerprint density at radius 2 is 1.79 bits per heavy atom. The molecule has 1 atom stereocenters. The number of fused-ring (bicyclic) bond motifs is 2. The van der Waals surface area contributed by atoms with Gasteiger partial charge in [0.15, 0.2) is 9.92 Å². The lowest BCUT2D eigenvalue weighted by molar-refractivity contribution is 0.256. The average Bonchev–Trinajstić information content (AvgIpc) is 3.32. The van der Waals surface area contributed by atoms with Gasteiger partial charge in [0.25, 0.3) is 0 Å². The lowest BCUT2D eigenvalue weighted by Crippen LogP contribution is -2.35. The molecular weight excluding hydrogens is 391 g/mol. The van der Waals surface area contributed by atoms with Crippen LogP contribution in [0.1, 0.15) is 40.7 Å². The van der Waals surface area contributed by atoms with Gasteiger partial charge in [0.2, 0.25) is 6.19 Å². The molecule has 6 nitrogen and oxygen atoms in total. The van der Waals surface area contributed by atoms with E-state index in [1.54, 1.807) is 6.92 Å². The molecule has 2 amide bonds. The van der Waals surface area contributed by atoms with Gasteiger partial charge in [0.05, 0.1) is 0 Å². The van der Waals surface area contributed by atoms with Gasteiger partial charge in [-0.1, -0.05) is 16.5 Å². The van der Waals surface area contributed by atoms with Gasteiger partial charge >= 0.3 is 6.03 Å². The third kappa shape index (κ3) is 3.58. The second kappa shape index (κ2) is 7.48. The number of benzene rings is 2. The van der Waals surface area contributed by atoms with E-state index in [4.69, 9.17) is 5.26 Å². The first-order valence-corrected chi connectivity index (χ1v) is 11.1. The molecule has 2 aromatic rings. The van der Waals surface area contributed by atoms with E-state index >= 15 is 0 Å². The maximum atomic E-state index is 14.3. The van der Waals surface area contributed by atoms with Crippen LogP contribution < -0.4 is 10.0 Å². The number of hydrogen-bond acceptors (Lipinski definition) is 4. The van der Waals surface area contributed by atoms with Gasteiger partial charge in [-0.25, -0.2) is 18.1 Å². The number of carbonyl (C=O) groups excluding carboxylic acids is 1. The molecule has 29 heavy (non-hydrogen) atoms. The summed E-state index contributed by atoms with van der Waals surface area (Å²) < 4.78 is 33.2. The van der Waals surface area contributed by atoms with E-state index in [0.717, 1.165) is 61.4 Å². The van der Waals surface area contributed by atoms with Crippen LogP contribution in [0.5, 0.6) is 0 Å². The van der Waals surface area contributed by atoms with Crippen molar-refractivity contribution in [3.8, 4) is 6.19 Å². The average molecular weight is 412 g/mol. The van der Waals surface area contributed by atoms with E-state index in [-0.39, 0.29) is 4.90 Å². The van der Waals surface area contributed by atoms with Gasteiger partial charge in [-0.3, -0.25) is 0 Å². The van der Waals surface area contributed by atoms with E-state index in [9.17, 15) is 13.4 Å². The summed E-state index contributed by atoms with van der Waals surface area (Å²) in [7, 11) is -3.79. The second-order valence-electron chi connectivity index (χ2n) is 7.44. The van der Waals surface area contributed by atoms with Gasteiger partial charge in [0, 0.05) is 5.69 Å². The zero-order valence-corrected chi connectivity index (χ0v) is 16.9. The molecule has 2 N–H and O–H groups in total. The molecule has 150 valence electrons. The van der Waals surface area contributed by atoms with Crippen LogP contribution in [0.4, 0.5) is 14.9 Å². The van der Waals surface area contributed by atoms with E-state index in [1.165, 1.54) is 29.5 Å². The van der Waals surface area contributed by atoms with Crippen molar-refractivity contribution < 1.29 is 13.4 Å². The quantitative estimate of drug-likeness (QED) is 0.741. The predicted octanol–water partition coefficient (Wildman–Crippen LogP) is 4.16. The van der Waals surface area contributed by atoms with Gasteiger partial charge in [-0.2, -0.15) is 5.26 Å². The Bertz CT molecular complexity index is 1140. The Labute approximate surface area is 169 Å². The fourth-order valence-corrected chi connectivity index (χ4v) is 5.59. The Hall–Kier alpha value is -2.92. The topological polar surface area (TPSA) is 94.3 Å². The van der Waals surface area contributed by atoms with E-state index < -0.39 is 21.8 Å². The first-order chi connectivity index (χ1) is 13.9. The highest BCUT2D eigenvalue weighted by molar-refractivity contribution is 7.92. The number of anilines is 1. The smallest absolute Gasteiger partial charge is 0.307 e. The third-order valence-electron chi connectivity index (χ3n) is 5.50. The minimum Gasteiger partial charge on any atom is -0.307 e. The molecule has 0 radical (unpaired) electrons. The highest BCUT2D eigenvalue weighted by Crippen LogP contribution is 2.38. The molecule has 1 unspecified atom stereocenters. The number of nitrogens with one attached hydrogen (secondary N) is 2. The number of nitrogens with zero attached hydrogens (tertiary/aromatic N) is 2. The van der Waals surface area contributed by atoms with Crippen LogP contribution in [0, 0.1) is 24.2 Å². The Balaban J connectivity index is 1.68. The number of halogens is 1. The van der Waals surface area contributed by atoms with Crippen LogP contribution in [0.3, 0.4) is 0 Å². The summed E-state index contributed by atoms with van der Waals surface area (Å²) in [5.74, 6) is -0.790. The number of hydrogen-bond donors (Lipinski definition) is 2. The number of rotatable bonds is 3. The highest BCUT2D eigenvalue weighted by Gasteiger charge is 2.27. The van der Waals surface area contributed by atoms with Crippen LogP contribution in [0.25, 0.3) is 0 Å². The molecule has 4 rings (SSSR count). The highest BCUT2D eigenvalue weighted by atomic mass is 32.2. The van der Waals surface area contributed by atoms with Crippen molar-refractivity contribution in [2.45, 2.75) is 50.3 Å². The van der Waals surface area contributed by atoms with Crippen LogP contribution in [-0.2, 0) is 35.6 Å². The molecule has 2 aliphatic carbocycles. The standard InChI is InChI=1S/C21H21FN4O2S/c1-13-8-9-18(22)19(10-13)29(28,24-12-23)26-21(27)25-20-16-6-2-4-14(16)11-15-5-3-7-17(15)20/h8-11H,2-7H2,1H3,(H2,24,25,26,27,28). The number of nitriles is 1. The SMILES string of the molecule is Cc1ccc(F)c(S(=O)(=NC#N)NC(=O)Nc2c3c(cc4c2CCC4)CCC3)c1. The number of amides is 2. The number of urea groups is 1. The zero-order chi connectivity index (χ0) is 20.6. The molecule has 0 saturated carbocycles. The van der Waals surface area contributed by atoms with Crippen LogP contribution in [-0.4, -0.2) is 10.2 Å². The summed E-state index contributed by atoms with van der Waals surface area (Å²) in [6.45, 7) is 1.70. The van der Waals surface area contributed by atoms with Gasteiger partial charge in [0.1, 0.15) is 10.7 Å².